The van der Waals surface area contributed by atoms with Gasteiger partial charge in [-0.1, -0.05) is 28.9 Å². The Balaban J connectivity index is 2.59. The van der Waals surface area contributed by atoms with Gasteiger partial charge in [0.25, 0.3) is 0 Å². The van der Waals surface area contributed by atoms with Crippen molar-refractivity contribution < 1.29 is 8.78 Å². The Morgan fingerprint density at radius 2 is 1.71 bits per heavy atom. The first-order chi connectivity index (χ1) is 9.93. The molecule has 0 amide bonds. The van der Waals surface area contributed by atoms with Crippen molar-refractivity contribution in [3.63, 3.8) is 0 Å². The maximum absolute atomic E-state index is 14.3. The molecule has 1 atom stereocenters. The van der Waals surface area contributed by atoms with Crippen LogP contribution in [0.5, 0.6) is 0 Å². The van der Waals surface area contributed by atoms with Crippen molar-refractivity contribution in [2.75, 3.05) is 6.54 Å². The van der Waals surface area contributed by atoms with Gasteiger partial charge in [-0.3, -0.25) is 0 Å². The molecule has 0 bridgehead atoms. The summed E-state index contributed by atoms with van der Waals surface area (Å²) in [5.41, 5.74) is 3.14. The van der Waals surface area contributed by atoms with Crippen LogP contribution in [-0.2, 0) is 0 Å². The Kier molecular flexibility index (Phi) is 5.12. The minimum absolute atomic E-state index is 0.264. The van der Waals surface area contributed by atoms with Crippen molar-refractivity contribution in [1.82, 2.24) is 5.32 Å². The lowest BCUT2D eigenvalue weighted by molar-refractivity contribution is 0.554. The molecule has 0 heterocycles. The van der Waals surface area contributed by atoms with E-state index in [2.05, 4.69) is 21.2 Å². The second-order valence-corrected chi connectivity index (χ2v) is 6.03. The van der Waals surface area contributed by atoms with Crippen LogP contribution in [0, 0.1) is 25.5 Å². The van der Waals surface area contributed by atoms with E-state index in [9.17, 15) is 8.78 Å². The number of rotatable bonds is 4. The SMILES string of the molecule is CCNC(c1ccc(Br)cc1F)c1c(C)cc(F)cc1C. The molecule has 0 radical (unpaired) electrons. The number of halogens is 3. The van der Waals surface area contributed by atoms with Gasteiger partial charge >= 0.3 is 0 Å². The van der Waals surface area contributed by atoms with Crippen molar-refractivity contribution >= 4 is 15.9 Å². The van der Waals surface area contributed by atoms with E-state index >= 15 is 0 Å². The summed E-state index contributed by atoms with van der Waals surface area (Å²) >= 11 is 3.27. The maximum atomic E-state index is 14.3. The van der Waals surface area contributed by atoms with Gasteiger partial charge < -0.3 is 5.32 Å². The Bertz CT molecular complexity index is 632. The largest absolute Gasteiger partial charge is 0.306 e. The van der Waals surface area contributed by atoms with E-state index in [0.29, 0.717) is 16.6 Å². The Labute approximate surface area is 132 Å². The number of benzene rings is 2. The number of hydrogen-bond donors (Lipinski definition) is 1. The highest BCUT2D eigenvalue weighted by molar-refractivity contribution is 9.10. The smallest absolute Gasteiger partial charge is 0.129 e. The van der Waals surface area contributed by atoms with Crippen LogP contribution >= 0.6 is 15.9 Å². The third-order valence-corrected chi connectivity index (χ3v) is 4.02. The van der Waals surface area contributed by atoms with Crippen LogP contribution in [0.3, 0.4) is 0 Å². The monoisotopic (exact) mass is 353 g/mol. The van der Waals surface area contributed by atoms with Crippen LogP contribution in [0.4, 0.5) is 8.78 Å². The van der Waals surface area contributed by atoms with Gasteiger partial charge in [0, 0.05) is 10.0 Å². The average molecular weight is 354 g/mol. The lowest BCUT2D eigenvalue weighted by Gasteiger charge is -2.23. The first-order valence-corrected chi connectivity index (χ1v) is 7.68. The zero-order valence-corrected chi connectivity index (χ0v) is 13.9. The van der Waals surface area contributed by atoms with Gasteiger partial charge in [-0.15, -0.1) is 0 Å². The average Bonchev–Trinajstić information content (AvgIpc) is 2.37. The van der Waals surface area contributed by atoms with Crippen LogP contribution in [0.25, 0.3) is 0 Å². The van der Waals surface area contributed by atoms with Crippen molar-refractivity contribution in [2.24, 2.45) is 0 Å². The van der Waals surface area contributed by atoms with E-state index in [0.717, 1.165) is 16.7 Å². The summed E-state index contributed by atoms with van der Waals surface area (Å²) in [5, 5.41) is 3.30. The number of hydrogen-bond acceptors (Lipinski definition) is 1. The Hall–Kier alpha value is -1.26. The molecule has 0 aliphatic carbocycles. The van der Waals surface area contributed by atoms with Gasteiger partial charge in [0.1, 0.15) is 11.6 Å². The molecule has 4 heteroatoms. The second-order valence-electron chi connectivity index (χ2n) is 5.11. The van der Waals surface area contributed by atoms with E-state index in [-0.39, 0.29) is 17.7 Å². The molecule has 0 aliphatic heterocycles. The molecule has 0 aromatic heterocycles. The van der Waals surface area contributed by atoms with Gasteiger partial charge in [-0.05, 0) is 61.3 Å². The van der Waals surface area contributed by atoms with Crippen LogP contribution in [0.1, 0.15) is 35.2 Å². The molecule has 2 aromatic rings. The second kappa shape index (κ2) is 6.67. The number of aryl methyl sites for hydroxylation is 2. The summed E-state index contributed by atoms with van der Waals surface area (Å²) in [5.74, 6) is -0.543. The lowest BCUT2D eigenvalue weighted by atomic mass is 9.91. The highest BCUT2D eigenvalue weighted by atomic mass is 79.9. The summed E-state index contributed by atoms with van der Waals surface area (Å²) in [6.45, 7) is 6.37. The minimum Gasteiger partial charge on any atom is -0.306 e. The summed E-state index contributed by atoms with van der Waals surface area (Å²) in [6, 6.07) is 7.72. The zero-order chi connectivity index (χ0) is 15.6. The van der Waals surface area contributed by atoms with Crippen molar-refractivity contribution in [2.45, 2.75) is 26.8 Å². The van der Waals surface area contributed by atoms with Crippen LogP contribution in [-0.4, -0.2) is 6.54 Å². The molecule has 21 heavy (non-hydrogen) atoms. The fourth-order valence-corrected chi connectivity index (χ4v) is 3.02. The van der Waals surface area contributed by atoms with E-state index in [1.165, 1.54) is 18.2 Å². The minimum atomic E-state index is -0.288. The van der Waals surface area contributed by atoms with E-state index < -0.39 is 0 Å². The van der Waals surface area contributed by atoms with E-state index in [1.54, 1.807) is 6.07 Å². The van der Waals surface area contributed by atoms with Crippen molar-refractivity contribution in [3.05, 3.63) is 68.7 Å². The lowest BCUT2D eigenvalue weighted by Crippen LogP contribution is -2.24. The zero-order valence-electron chi connectivity index (χ0n) is 12.3. The quantitative estimate of drug-likeness (QED) is 0.811. The van der Waals surface area contributed by atoms with Gasteiger partial charge in [-0.25, -0.2) is 8.78 Å². The Morgan fingerprint density at radius 3 is 2.24 bits per heavy atom. The first kappa shape index (κ1) is 16.1. The summed E-state index contributed by atoms with van der Waals surface area (Å²) in [4.78, 5) is 0. The molecule has 1 unspecified atom stereocenters. The normalized spacial score (nSPS) is 12.5. The van der Waals surface area contributed by atoms with E-state index in [4.69, 9.17) is 0 Å². The molecule has 0 spiro atoms. The summed E-state index contributed by atoms with van der Waals surface area (Å²) < 4.78 is 28.5. The van der Waals surface area contributed by atoms with Crippen LogP contribution < -0.4 is 5.32 Å². The predicted molar refractivity (Wildman–Crippen MR) is 85.5 cm³/mol. The molecule has 2 aromatic carbocycles. The third-order valence-electron chi connectivity index (χ3n) is 3.53. The summed E-state index contributed by atoms with van der Waals surface area (Å²) in [6.07, 6.45) is 0. The predicted octanol–water partition coefficient (Wildman–Crippen LogP) is 5.04. The molecule has 112 valence electrons. The van der Waals surface area contributed by atoms with Gasteiger partial charge in [-0.2, -0.15) is 0 Å². The summed E-state index contributed by atoms with van der Waals surface area (Å²) in [7, 11) is 0. The highest BCUT2D eigenvalue weighted by Gasteiger charge is 2.21. The maximum Gasteiger partial charge on any atom is 0.129 e. The molecule has 0 saturated heterocycles. The van der Waals surface area contributed by atoms with Crippen LogP contribution in [0.2, 0.25) is 0 Å². The van der Waals surface area contributed by atoms with Gasteiger partial charge in [0.05, 0.1) is 6.04 Å². The molecular formula is C17H18BrF2N. The van der Waals surface area contributed by atoms with Gasteiger partial charge in [0.2, 0.25) is 0 Å². The molecule has 1 N–H and O–H groups in total. The highest BCUT2D eigenvalue weighted by Crippen LogP contribution is 2.31. The molecule has 1 nitrogen and oxygen atoms in total. The fraction of sp³-hybridized carbons (Fsp3) is 0.294. The molecular weight excluding hydrogens is 336 g/mol. The molecule has 2 rings (SSSR count). The Morgan fingerprint density at radius 1 is 1.10 bits per heavy atom. The fourth-order valence-electron chi connectivity index (χ4n) is 2.68. The van der Waals surface area contributed by atoms with Crippen molar-refractivity contribution in [3.8, 4) is 0 Å². The van der Waals surface area contributed by atoms with E-state index in [1.807, 2.05) is 26.8 Å². The molecule has 0 fully saturated rings. The first-order valence-electron chi connectivity index (χ1n) is 6.89. The topological polar surface area (TPSA) is 12.0 Å². The molecule has 0 aliphatic rings. The van der Waals surface area contributed by atoms with Gasteiger partial charge in [0.15, 0.2) is 0 Å². The third kappa shape index (κ3) is 3.50. The molecule has 0 saturated carbocycles. The standard InChI is InChI=1S/C17H18BrF2N/c1-4-21-17(14-6-5-12(18)9-15(14)20)16-10(2)7-13(19)8-11(16)3/h5-9,17,21H,4H2,1-3H3. The van der Waals surface area contributed by atoms with Crippen molar-refractivity contribution in [1.29, 1.82) is 0 Å². The van der Waals surface area contributed by atoms with Crippen LogP contribution in [0.15, 0.2) is 34.8 Å². The number of nitrogens with one attached hydrogen (secondary N) is 1.